The number of halogens is 3. The van der Waals surface area contributed by atoms with E-state index < -0.39 is 32.7 Å². The van der Waals surface area contributed by atoms with Gasteiger partial charge in [0.05, 0.1) is 17.6 Å². The summed E-state index contributed by atoms with van der Waals surface area (Å²) in [6.07, 6.45) is -4.60. The summed E-state index contributed by atoms with van der Waals surface area (Å²) in [5.74, 6) is 0.617. The highest BCUT2D eigenvalue weighted by molar-refractivity contribution is 7.89. The molecule has 0 aromatic heterocycles. The smallest absolute Gasteiger partial charge is 0.416 e. The predicted molar refractivity (Wildman–Crippen MR) is 83.2 cm³/mol. The van der Waals surface area contributed by atoms with E-state index in [0.717, 1.165) is 18.2 Å². The molecule has 0 fully saturated rings. The maximum Gasteiger partial charge on any atom is 0.416 e. The molecule has 1 unspecified atom stereocenters. The lowest BCUT2D eigenvalue weighted by molar-refractivity contribution is -0.137. The second-order valence-electron chi connectivity index (χ2n) is 5.14. The fraction of sp³-hybridized carbons (Fsp3) is 0.250. The fourth-order valence-electron chi connectivity index (χ4n) is 2.10. The van der Waals surface area contributed by atoms with Gasteiger partial charge in [-0.05, 0) is 42.8 Å². The summed E-state index contributed by atoms with van der Waals surface area (Å²) in [6, 6.07) is 9.71. The minimum atomic E-state index is -4.60. The van der Waals surface area contributed by atoms with Gasteiger partial charge in [0, 0.05) is 6.04 Å². The van der Waals surface area contributed by atoms with Crippen LogP contribution in [0.2, 0.25) is 0 Å². The number of methoxy groups -OCH3 is 1. The van der Waals surface area contributed by atoms with Gasteiger partial charge in [0.25, 0.3) is 0 Å². The number of nitrogens with one attached hydrogen (secondary N) is 1. The van der Waals surface area contributed by atoms with Crippen molar-refractivity contribution >= 4 is 10.0 Å². The zero-order valence-electron chi connectivity index (χ0n) is 13.0. The molecule has 0 spiro atoms. The highest BCUT2D eigenvalue weighted by Gasteiger charge is 2.31. The average molecular weight is 359 g/mol. The Hall–Kier alpha value is -2.06. The number of benzene rings is 2. The normalized spacial score (nSPS) is 13.5. The largest absolute Gasteiger partial charge is 0.497 e. The van der Waals surface area contributed by atoms with Gasteiger partial charge in [-0.15, -0.1) is 0 Å². The number of hydrogen-bond acceptors (Lipinski definition) is 3. The van der Waals surface area contributed by atoms with Gasteiger partial charge in [-0.2, -0.15) is 13.2 Å². The second kappa shape index (κ2) is 6.82. The first-order valence-electron chi connectivity index (χ1n) is 6.97. The van der Waals surface area contributed by atoms with Crippen molar-refractivity contribution in [1.82, 2.24) is 4.72 Å². The second-order valence-corrected chi connectivity index (χ2v) is 6.86. The summed E-state index contributed by atoms with van der Waals surface area (Å²) in [6.45, 7) is 1.60. The molecule has 1 atom stereocenters. The van der Waals surface area contributed by atoms with E-state index in [1.807, 2.05) is 0 Å². The van der Waals surface area contributed by atoms with Crippen molar-refractivity contribution in [2.24, 2.45) is 0 Å². The lowest BCUT2D eigenvalue weighted by Crippen LogP contribution is -2.27. The molecule has 8 heteroatoms. The highest BCUT2D eigenvalue weighted by Crippen LogP contribution is 2.30. The molecule has 1 N–H and O–H groups in total. The van der Waals surface area contributed by atoms with Crippen LogP contribution in [0.25, 0.3) is 0 Å². The summed E-state index contributed by atoms with van der Waals surface area (Å²) in [5.41, 5.74) is -0.353. The molecule has 0 saturated heterocycles. The average Bonchev–Trinajstić information content (AvgIpc) is 2.54. The quantitative estimate of drug-likeness (QED) is 0.885. The van der Waals surface area contributed by atoms with Crippen molar-refractivity contribution in [3.63, 3.8) is 0 Å². The first-order valence-corrected chi connectivity index (χ1v) is 8.45. The van der Waals surface area contributed by atoms with Gasteiger partial charge in [0.1, 0.15) is 5.75 Å². The fourth-order valence-corrected chi connectivity index (χ4v) is 3.38. The van der Waals surface area contributed by atoms with Crippen LogP contribution < -0.4 is 9.46 Å². The van der Waals surface area contributed by atoms with Crippen LogP contribution in [-0.4, -0.2) is 15.5 Å². The molecular formula is C16H16F3NO3S. The molecule has 2 aromatic carbocycles. The van der Waals surface area contributed by atoms with Crippen molar-refractivity contribution in [1.29, 1.82) is 0 Å². The van der Waals surface area contributed by atoms with E-state index >= 15 is 0 Å². The van der Waals surface area contributed by atoms with Gasteiger partial charge < -0.3 is 4.74 Å². The zero-order valence-corrected chi connectivity index (χ0v) is 13.8. The molecule has 0 amide bonds. The van der Waals surface area contributed by atoms with Gasteiger partial charge in [-0.3, -0.25) is 0 Å². The third kappa shape index (κ3) is 4.27. The zero-order chi connectivity index (χ0) is 18.0. The van der Waals surface area contributed by atoms with Gasteiger partial charge in [-0.1, -0.05) is 18.2 Å². The molecule has 2 aromatic rings. The molecule has 0 heterocycles. The summed E-state index contributed by atoms with van der Waals surface area (Å²) in [5, 5.41) is 0. The van der Waals surface area contributed by atoms with E-state index in [9.17, 15) is 21.6 Å². The van der Waals surface area contributed by atoms with Crippen LogP contribution in [0.5, 0.6) is 5.75 Å². The first kappa shape index (κ1) is 18.3. The third-order valence-electron chi connectivity index (χ3n) is 3.42. The SMILES string of the molecule is COc1ccc(C(C)NS(=O)(=O)c2cccc(C(F)(F)F)c2)cc1. The van der Waals surface area contributed by atoms with E-state index in [-0.39, 0.29) is 0 Å². The van der Waals surface area contributed by atoms with E-state index in [0.29, 0.717) is 17.4 Å². The Bertz CT molecular complexity index is 802. The molecule has 0 aliphatic rings. The van der Waals surface area contributed by atoms with Gasteiger partial charge >= 0.3 is 6.18 Å². The summed E-state index contributed by atoms with van der Waals surface area (Å²) in [4.78, 5) is -0.433. The minimum absolute atomic E-state index is 0.433. The first-order chi connectivity index (χ1) is 11.1. The van der Waals surface area contributed by atoms with Crippen LogP contribution in [-0.2, 0) is 16.2 Å². The summed E-state index contributed by atoms with van der Waals surface area (Å²) >= 11 is 0. The molecule has 2 rings (SSSR count). The highest BCUT2D eigenvalue weighted by atomic mass is 32.2. The molecule has 0 saturated carbocycles. The van der Waals surface area contributed by atoms with Gasteiger partial charge in [0.15, 0.2) is 0 Å². The van der Waals surface area contributed by atoms with Crippen molar-refractivity contribution in [2.75, 3.05) is 7.11 Å². The van der Waals surface area contributed by atoms with E-state index in [2.05, 4.69) is 4.72 Å². The Kier molecular flexibility index (Phi) is 5.19. The van der Waals surface area contributed by atoms with E-state index in [1.54, 1.807) is 31.2 Å². The molecule has 0 radical (unpaired) electrons. The van der Waals surface area contributed by atoms with E-state index in [4.69, 9.17) is 4.74 Å². The molecule has 0 aliphatic carbocycles. The van der Waals surface area contributed by atoms with Crippen LogP contribution >= 0.6 is 0 Å². The van der Waals surface area contributed by atoms with Crippen LogP contribution in [0, 0.1) is 0 Å². The van der Waals surface area contributed by atoms with Crippen LogP contribution in [0.3, 0.4) is 0 Å². The predicted octanol–water partition coefficient (Wildman–Crippen LogP) is 3.75. The van der Waals surface area contributed by atoms with Crippen LogP contribution in [0.4, 0.5) is 13.2 Å². The Balaban J connectivity index is 2.24. The number of hydrogen-bond donors (Lipinski definition) is 1. The lowest BCUT2D eigenvalue weighted by Gasteiger charge is -2.16. The van der Waals surface area contributed by atoms with Gasteiger partial charge in [0.2, 0.25) is 10.0 Å². The standard InChI is InChI=1S/C16H16F3NO3S/c1-11(12-6-8-14(23-2)9-7-12)20-24(21,22)15-5-3-4-13(10-15)16(17,18)19/h3-11,20H,1-2H3. The number of ether oxygens (including phenoxy) is 1. The monoisotopic (exact) mass is 359 g/mol. The molecule has 24 heavy (non-hydrogen) atoms. The molecule has 0 bridgehead atoms. The number of sulfonamides is 1. The lowest BCUT2D eigenvalue weighted by atomic mass is 10.1. The van der Waals surface area contributed by atoms with Crippen molar-refractivity contribution in [3.8, 4) is 5.75 Å². The Morgan fingerprint density at radius 2 is 1.71 bits per heavy atom. The molecule has 130 valence electrons. The Labute approximate surface area is 138 Å². The van der Waals surface area contributed by atoms with Gasteiger partial charge in [-0.25, -0.2) is 13.1 Å². The Morgan fingerprint density at radius 1 is 1.08 bits per heavy atom. The van der Waals surface area contributed by atoms with Crippen LogP contribution in [0.15, 0.2) is 53.4 Å². The van der Waals surface area contributed by atoms with Crippen molar-refractivity contribution in [3.05, 3.63) is 59.7 Å². The maximum atomic E-state index is 12.7. The minimum Gasteiger partial charge on any atom is -0.497 e. The summed E-state index contributed by atoms with van der Waals surface area (Å²) in [7, 11) is -2.58. The van der Waals surface area contributed by atoms with Crippen LogP contribution in [0.1, 0.15) is 24.1 Å². The molecule has 0 aliphatic heterocycles. The third-order valence-corrected chi connectivity index (χ3v) is 4.96. The summed E-state index contributed by atoms with van der Waals surface area (Å²) < 4.78 is 70.2. The van der Waals surface area contributed by atoms with E-state index in [1.165, 1.54) is 7.11 Å². The number of rotatable bonds is 5. The Morgan fingerprint density at radius 3 is 2.25 bits per heavy atom. The van der Waals surface area contributed by atoms with Crippen molar-refractivity contribution < 1.29 is 26.3 Å². The van der Waals surface area contributed by atoms with Crippen molar-refractivity contribution in [2.45, 2.75) is 24.0 Å². The molecular weight excluding hydrogens is 343 g/mol. The molecule has 4 nitrogen and oxygen atoms in total. The maximum absolute atomic E-state index is 12.7. The number of alkyl halides is 3. The topological polar surface area (TPSA) is 55.4 Å².